The number of carbonyl (C=O) groups is 1. The number of halogens is 1. The van der Waals surface area contributed by atoms with Gasteiger partial charge < -0.3 is 10.1 Å². The molecular formula is C17H20BrN3O4S2. The van der Waals surface area contributed by atoms with Crippen molar-refractivity contribution >= 4 is 43.2 Å². The largest absolute Gasteiger partial charge is 0.481 e. The van der Waals surface area contributed by atoms with Crippen molar-refractivity contribution in [1.82, 2.24) is 14.6 Å². The normalized spacial score (nSPS) is 18.2. The van der Waals surface area contributed by atoms with Crippen LogP contribution in [-0.4, -0.2) is 43.8 Å². The molecule has 146 valence electrons. The average Bonchev–Trinajstić information content (AvgIpc) is 3.13. The molecule has 0 aromatic carbocycles. The molecule has 27 heavy (non-hydrogen) atoms. The van der Waals surface area contributed by atoms with Crippen molar-refractivity contribution in [3.63, 3.8) is 0 Å². The number of methoxy groups -OCH3 is 1. The number of amides is 1. The van der Waals surface area contributed by atoms with Crippen molar-refractivity contribution in [2.24, 2.45) is 5.92 Å². The van der Waals surface area contributed by atoms with Gasteiger partial charge in [0.15, 0.2) is 0 Å². The Hall–Kier alpha value is -1.49. The van der Waals surface area contributed by atoms with E-state index in [1.54, 1.807) is 24.4 Å². The van der Waals surface area contributed by atoms with Crippen molar-refractivity contribution in [2.45, 2.75) is 23.6 Å². The minimum absolute atomic E-state index is 0.159. The van der Waals surface area contributed by atoms with E-state index in [0.29, 0.717) is 25.3 Å². The van der Waals surface area contributed by atoms with Crippen molar-refractivity contribution in [2.75, 3.05) is 20.2 Å². The summed E-state index contributed by atoms with van der Waals surface area (Å²) in [6.07, 6.45) is 2.94. The first kappa shape index (κ1) is 20.2. The molecule has 10 heteroatoms. The molecule has 1 N–H and O–H groups in total. The van der Waals surface area contributed by atoms with E-state index in [1.165, 1.54) is 22.8 Å². The van der Waals surface area contributed by atoms with E-state index in [0.717, 1.165) is 9.35 Å². The third-order valence-corrected chi connectivity index (χ3v) is 8.35. The Morgan fingerprint density at radius 2 is 2.26 bits per heavy atom. The van der Waals surface area contributed by atoms with Crippen LogP contribution in [-0.2, 0) is 21.4 Å². The molecule has 2 aromatic heterocycles. The molecule has 1 atom stereocenters. The van der Waals surface area contributed by atoms with Gasteiger partial charge in [-0.05, 0) is 47.0 Å². The van der Waals surface area contributed by atoms with Gasteiger partial charge in [0.25, 0.3) is 10.0 Å². The maximum absolute atomic E-state index is 12.8. The van der Waals surface area contributed by atoms with Crippen molar-refractivity contribution in [1.29, 1.82) is 0 Å². The molecule has 1 fully saturated rings. The third-order valence-electron chi connectivity index (χ3n) is 4.39. The molecule has 0 aliphatic carbocycles. The van der Waals surface area contributed by atoms with E-state index in [1.807, 2.05) is 6.07 Å². The van der Waals surface area contributed by atoms with Crippen molar-refractivity contribution < 1.29 is 17.9 Å². The zero-order valence-electron chi connectivity index (χ0n) is 14.7. The molecular weight excluding hydrogens is 454 g/mol. The van der Waals surface area contributed by atoms with Gasteiger partial charge in [-0.15, -0.1) is 11.3 Å². The van der Waals surface area contributed by atoms with Crippen molar-refractivity contribution in [3.05, 3.63) is 39.8 Å². The number of sulfonamides is 1. The summed E-state index contributed by atoms with van der Waals surface area (Å²) in [6, 6.07) is 6.91. The molecule has 1 aliphatic rings. The second-order valence-electron chi connectivity index (χ2n) is 6.15. The Kier molecular flexibility index (Phi) is 6.51. The quantitative estimate of drug-likeness (QED) is 0.696. The summed E-state index contributed by atoms with van der Waals surface area (Å²) < 4.78 is 33.2. The molecule has 2 aromatic rings. The minimum Gasteiger partial charge on any atom is -0.481 e. The number of piperidine rings is 1. The summed E-state index contributed by atoms with van der Waals surface area (Å²) in [4.78, 5) is 16.7. The molecule has 0 saturated carbocycles. The lowest BCUT2D eigenvalue weighted by molar-refractivity contribution is -0.126. The van der Waals surface area contributed by atoms with Crippen LogP contribution in [0.2, 0.25) is 0 Å². The van der Waals surface area contributed by atoms with E-state index in [9.17, 15) is 13.2 Å². The highest BCUT2D eigenvalue weighted by molar-refractivity contribution is 9.11. The summed E-state index contributed by atoms with van der Waals surface area (Å²) in [6.45, 7) is 0.906. The summed E-state index contributed by atoms with van der Waals surface area (Å²) in [5, 5.41) is 2.87. The van der Waals surface area contributed by atoms with E-state index in [2.05, 4.69) is 26.2 Å². The fourth-order valence-electron chi connectivity index (χ4n) is 3.01. The summed E-state index contributed by atoms with van der Waals surface area (Å²) >= 11 is 4.47. The zero-order valence-corrected chi connectivity index (χ0v) is 17.9. The first-order valence-electron chi connectivity index (χ1n) is 8.43. The molecule has 0 bridgehead atoms. The maximum atomic E-state index is 12.8. The number of hydrogen-bond acceptors (Lipinski definition) is 6. The number of carbonyl (C=O) groups excluding carboxylic acids is 1. The van der Waals surface area contributed by atoms with Crippen LogP contribution in [0.5, 0.6) is 5.88 Å². The number of ether oxygens (including phenoxy) is 1. The number of hydrogen-bond donors (Lipinski definition) is 1. The molecule has 3 rings (SSSR count). The number of pyridine rings is 1. The molecule has 3 heterocycles. The molecule has 1 amide bonds. The van der Waals surface area contributed by atoms with Gasteiger partial charge in [-0.25, -0.2) is 13.4 Å². The summed E-state index contributed by atoms with van der Waals surface area (Å²) in [5.74, 6) is -0.0679. The number of nitrogens with zero attached hydrogens (tertiary/aromatic N) is 2. The molecule has 0 spiro atoms. The Balaban J connectivity index is 1.64. The molecule has 1 saturated heterocycles. The smallest absolute Gasteiger partial charge is 0.252 e. The van der Waals surface area contributed by atoms with Crippen LogP contribution in [0.4, 0.5) is 0 Å². The topological polar surface area (TPSA) is 88.6 Å². The van der Waals surface area contributed by atoms with E-state index in [-0.39, 0.29) is 29.1 Å². The van der Waals surface area contributed by atoms with Gasteiger partial charge in [-0.3, -0.25) is 4.79 Å². The van der Waals surface area contributed by atoms with Gasteiger partial charge in [0.2, 0.25) is 11.8 Å². The highest BCUT2D eigenvalue weighted by atomic mass is 79.9. The van der Waals surface area contributed by atoms with Gasteiger partial charge in [-0.2, -0.15) is 4.31 Å². The Morgan fingerprint density at radius 3 is 2.96 bits per heavy atom. The van der Waals surface area contributed by atoms with Crippen LogP contribution in [0.15, 0.2) is 38.5 Å². The monoisotopic (exact) mass is 473 g/mol. The maximum Gasteiger partial charge on any atom is 0.252 e. The SMILES string of the molecule is COc1ncccc1CNC(=O)C1CCCN(S(=O)(=O)c2ccc(Br)s2)C1. The molecule has 7 nitrogen and oxygen atoms in total. The van der Waals surface area contributed by atoms with Crippen molar-refractivity contribution in [3.8, 4) is 5.88 Å². The fourth-order valence-corrected chi connectivity index (χ4v) is 6.70. The lowest BCUT2D eigenvalue weighted by Crippen LogP contribution is -2.45. The van der Waals surface area contributed by atoms with Crippen LogP contribution >= 0.6 is 27.3 Å². The van der Waals surface area contributed by atoms with E-state index < -0.39 is 10.0 Å². The predicted molar refractivity (Wildman–Crippen MR) is 106 cm³/mol. The minimum atomic E-state index is -3.57. The zero-order chi connectivity index (χ0) is 19.4. The summed E-state index contributed by atoms with van der Waals surface area (Å²) in [5.41, 5.74) is 0.775. The average molecular weight is 474 g/mol. The highest BCUT2D eigenvalue weighted by Gasteiger charge is 2.34. The molecule has 0 radical (unpaired) electrons. The predicted octanol–water partition coefficient (Wildman–Crippen LogP) is 2.63. The van der Waals surface area contributed by atoms with Crippen LogP contribution in [0.3, 0.4) is 0 Å². The standard InChI is InChI=1S/C17H20BrN3O4S2/c1-25-17-12(4-2-8-19-17)10-20-16(22)13-5-3-9-21(11-13)27(23,24)15-7-6-14(18)26-15/h2,4,6-8,13H,3,5,9-11H2,1H3,(H,20,22). The Bertz CT molecular complexity index is 916. The second kappa shape index (κ2) is 8.68. The van der Waals surface area contributed by atoms with E-state index >= 15 is 0 Å². The van der Waals surface area contributed by atoms with Gasteiger partial charge in [0, 0.05) is 31.4 Å². The van der Waals surface area contributed by atoms with Gasteiger partial charge in [-0.1, -0.05) is 6.07 Å². The second-order valence-corrected chi connectivity index (χ2v) is 10.8. The number of thiophene rings is 1. The first-order chi connectivity index (χ1) is 12.9. The van der Waals surface area contributed by atoms with Crippen LogP contribution in [0, 0.1) is 5.92 Å². The van der Waals surface area contributed by atoms with Crippen LogP contribution in [0.1, 0.15) is 18.4 Å². The third kappa shape index (κ3) is 4.68. The van der Waals surface area contributed by atoms with Gasteiger partial charge >= 0.3 is 0 Å². The number of rotatable bonds is 6. The Labute approximate surface area is 170 Å². The van der Waals surface area contributed by atoms with Gasteiger partial charge in [0.1, 0.15) is 4.21 Å². The number of aromatic nitrogens is 1. The van der Waals surface area contributed by atoms with Crippen LogP contribution < -0.4 is 10.1 Å². The molecule has 1 aliphatic heterocycles. The van der Waals surface area contributed by atoms with Gasteiger partial charge in [0.05, 0.1) is 16.8 Å². The first-order valence-corrected chi connectivity index (χ1v) is 11.5. The fraction of sp³-hybridized carbons (Fsp3) is 0.412. The van der Waals surface area contributed by atoms with E-state index in [4.69, 9.17) is 4.74 Å². The number of nitrogens with one attached hydrogen (secondary N) is 1. The summed E-state index contributed by atoms with van der Waals surface area (Å²) in [7, 11) is -2.05. The van der Waals surface area contributed by atoms with Crippen LogP contribution in [0.25, 0.3) is 0 Å². The highest BCUT2D eigenvalue weighted by Crippen LogP contribution is 2.31. The lowest BCUT2D eigenvalue weighted by atomic mass is 9.99. The lowest BCUT2D eigenvalue weighted by Gasteiger charge is -2.30. The Morgan fingerprint density at radius 1 is 1.44 bits per heavy atom. The molecule has 1 unspecified atom stereocenters.